The van der Waals surface area contributed by atoms with E-state index in [9.17, 15) is 4.79 Å². The van der Waals surface area contributed by atoms with E-state index >= 15 is 0 Å². The van der Waals surface area contributed by atoms with Gasteiger partial charge in [0, 0.05) is 11.8 Å². The summed E-state index contributed by atoms with van der Waals surface area (Å²) in [6, 6.07) is 24.5. The lowest BCUT2D eigenvalue weighted by Crippen LogP contribution is -2.13. The van der Waals surface area contributed by atoms with E-state index in [0.717, 1.165) is 22.6 Å². The van der Waals surface area contributed by atoms with Gasteiger partial charge in [0.05, 0.1) is 13.7 Å². The molecule has 6 nitrogen and oxygen atoms in total. The number of hydrogen-bond donors (Lipinski definition) is 1. The average Bonchev–Trinajstić information content (AvgIpc) is 3.17. The van der Waals surface area contributed by atoms with Crippen LogP contribution in [0.3, 0.4) is 0 Å². The molecule has 0 atom stereocenters. The minimum absolute atomic E-state index is 0.278. The number of hydrogen-bond acceptors (Lipinski definition) is 4. The summed E-state index contributed by atoms with van der Waals surface area (Å²) in [6.45, 7) is 0.962. The highest BCUT2D eigenvalue weighted by atomic mass is 35.5. The number of aromatic nitrogens is 2. The number of anilines is 1. The van der Waals surface area contributed by atoms with Crippen LogP contribution in [0.15, 0.2) is 85.1 Å². The second-order valence-electron chi connectivity index (χ2n) is 7.12. The number of nitrogens with zero attached hydrogens (tertiary/aromatic N) is 2. The maximum absolute atomic E-state index is 12.6. The fourth-order valence-electron chi connectivity index (χ4n) is 3.10. The lowest BCUT2D eigenvalue weighted by atomic mass is 10.1. The summed E-state index contributed by atoms with van der Waals surface area (Å²) in [7, 11) is 1.62. The van der Waals surface area contributed by atoms with Gasteiger partial charge in [0.25, 0.3) is 5.91 Å². The van der Waals surface area contributed by atoms with Gasteiger partial charge in [0.15, 0.2) is 5.82 Å². The van der Waals surface area contributed by atoms with E-state index < -0.39 is 0 Å². The molecule has 162 valence electrons. The Morgan fingerprint density at radius 1 is 0.938 bits per heavy atom. The third-order valence-electron chi connectivity index (χ3n) is 4.82. The molecule has 3 aromatic carbocycles. The quantitative estimate of drug-likeness (QED) is 0.391. The number of rotatable bonds is 8. The van der Waals surface area contributed by atoms with Crippen molar-refractivity contribution in [3.05, 3.63) is 107 Å². The van der Waals surface area contributed by atoms with Crippen molar-refractivity contribution < 1.29 is 14.3 Å². The zero-order chi connectivity index (χ0) is 22.3. The molecule has 1 aromatic heterocycles. The highest BCUT2D eigenvalue weighted by Crippen LogP contribution is 2.21. The zero-order valence-electron chi connectivity index (χ0n) is 17.5. The van der Waals surface area contributed by atoms with Crippen molar-refractivity contribution in [2.45, 2.75) is 13.2 Å². The fourth-order valence-corrected chi connectivity index (χ4v) is 3.30. The van der Waals surface area contributed by atoms with Gasteiger partial charge in [-0.1, -0.05) is 54.1 Å². The lowest BCUT2D eigenvalue weighted by molar-refractivity contribution is 0.102. The van der Waals surface area contributed by atoms with E-state index in [2.05, 4.69) is 10.4 Å². The summed E-state index contributed by atoms with van der Waals surface area (Å²) in [5.74, 6) is 1.57. The average molecular weight is 448 g/mol. The Labute approximate surface area is 191 Å². The summed E-state index contributed by atoms with van der Waals surface area (Å²) >= 11 is 6.26. The number of methoxy groups -OCH3 is 1. The van der Waals surface area contributed by atoms with Gasteiger partial charge in [-0.25, -0.2) is 0 Å². The van der Waals surface area contributed by atoms with E-state index in [1.54, 1.807) is 30.1 Å². The Morgan fingerprint density at radius 2 is 1.62 bits per heavy atom. The maximum Gasteiger partial charge on any atom is 0.256 e. The van der Waals surface area contributed by atoms with E-state index in [-0.39, 0.29) is 5.91 Å². The van der Waals surface area contributed by atoms with Gasteiger partial charge in [0.2, 0.25) is 0 Å². The summed E-state index contributed by atoms with van der Waals surface area (Å²) < 4.78 is 12.6. The van der Waals surface area contributed by atoms with Crippen molar-refractivity contribution >= 4 is 23.3 Å². The third-order valence-corrected chi connectivity index (χ3v) is 5.09. The molecule has 0 spiro atoms. The Kier molecular flexibility index (Phi) is 6.72. The molecule has 1 N–H and O–H groups in total. The van der Waals surface area contributed by atoms with Crippen molar-refractivity contribution in [2.24, 2.45) is 0 Å². The number of ether oxygens (including phenoxy) is 2. The molecular formula is C25H22ClN3O3. The monoisotopic (exact) mass is 447 g/mol. The Bertz CT molecular complexity index is 1170. The fraction of sp³-hybridized carbons (Fsp3) is 0.120. The summed E-state index contributed by atoms with van der Waals surface area (Å²) in [5.41, 5.74) is 2.55. The molecule has 4 rings (SSSR count). The first-order valence-electron chi connectivity index (χ1n) is 10.0. The van der Waals surface area contributed by atoms with Crippen molar-refractivity contribution in [3.63, 3.8) is 0 Å². The Morgan fingerprint density at radius 3 is 2.31 bits per heavy atom. The summed E-state index contributed by atoms with van der Waals surface area (Å²) in [4.78, 5) is 12.6. The van der Waals surface area contributed by atoms with Gasteiger partial charge < -0.3 is 14.8 Å². The van der Waals surface area contributed by atoms with Crippen LogP contribution in [0, 0.1) is 0 Å². The largest absolute Gasteiger partial charge is 0.497 e. The Hall–Kier alpha value is -3.77. The van der Waals surface area contributed by atoms with E-state index in [0.29, 0.717) is 29.6 Å². The zero-order valence-corrected chi connectivity index (χ0v) is 18.3. The number of carbonyl (C=O) groups is 1. The molecule has 0 aliphatic heterocycles. The third kappa shape index (κ3) is 5.47. The maximum atomic E-state index is 12.6. The van der Waals surface area contributed by atoms with Gasteiger partial charge in [-0.3, -0.25) is 9.48 Å². The molecule has 1 heterocycles. The molecule has 32 heavy (non-hydrogen) atoms. The Balaban J connectivity index is 1.34. The normalized spacial score (nSPS) is 10.6. The van der Waals surface area contributed by atoms with Gasteiger partial charge in [0.1, 0.15) is 23.1 Å². The predicted molar refractivity (Wildman–Crippen MR) is 125 cm³/mol. The smallest absolute Gasteiger partial charge is 0.256 e. The highest BCUT2D eigenvalue weighted by Gasteiger charge is 2.13. The molecule has 0 bridgehead atoms. The standard InChI is InChI=1S/C25H22ClN3O3/c1-31-21-11-13-22(14-12-21)32-17-19-7-9-20(10-8-19)25(30)27-24-23(26)16-29(28-24)15-18-5-3-2-4-6-18/h2-14,16H,15,17H2,1H3,(H,27,28,30). The number of halogens is 1. The van der Waals surface area contributed by atoms with Gasteiger partial charge in [-0.05, 0) is 47.5 Å². The molecule has 0 radical (unpaired) electrons. The molecule has 0 saturated carbocycles. The van der Waals surface area contributed by atoms with Crippen LogP contribution in [0.25, 0.3) is 0 Å². The summed E-state index contributed by atoms with van der Waals surface area (Å²) in [6.07, 6.45) is 1.70. The highest BCUT2D eigenvalue weighted by molar-refractivity contribution is 6.33. The predicted octanol–water partition coefficient (Wildman–Crippen LogP) is 5.42. The van der Waals surface area contributed by atoms with Crippen LogP contribution in [0.5, 0.6) is 11.5 Å². The lowest BCUT2D eigenvalue weighted by Gasteiger charge is -2.08. The minimum atomic E-state index is -0.278. The van der Waals surface area contributed by atoms with E-state index in [4.69, 9.17) is 21.1 Å². The second-order valence-corrected chi connectivity index (χ2v) is 7.53. The molecule has 0 unspecified atom stereocenters. The topological polar surface area (TPSA) is 65.4 Å². The van der Waals surface area contributed by atoms with Gasteiger partial charge in [-0.15, -0.1) is 0 Å². The van der Waals surface area contributed by atoms with Gasteiger partial charge in [-0.2, -0.15) is 5.10 Å². The second kappa shape index (κ2) is 10.0. The van der Waals surface area contributed by atoms with Crippen LogP contribution in [0.4, 0.5) is 5.82 Å². The number of benzene rings is 3. The van der Waals surface area contributed by atoms with Crippen LogP contribution in [-0.4, -0.2) is 22.8 Å². The number of amides is 1. The SMILES string of the molecule is COc1ccc(OCc2ccc(C(=O)Nc3nn(Cc4ccccc4)cc3Cl)cc2)cc1. The van der Waals surface area contributed by atoms with Crippen LogP contribution in [-0.2, 0) is 13.2 Å². The van der Waals surface area contributed by atoms with Crippen LogP contribution < -0.4 is 14.8 Å². The molecule has 1 amide bonds. The van der Waals surface area contributed by atoms with Crippen LogP contribution >= 0.6 is 11.6 Å². The molecule has 4 aromatic rings. The first-order chi connectivity index (χ1) is 15.6. The van der Waals surface area contributed by atoms with Crippen molar-refractivity contribution in [3.8, 4) is 11.5 Å². The number of carbonyl (C=O) groups excluding carboxylic acids is 1. The first kappa shape index (κ1) is 21.5. The molecule has 0 aliphatic rings. The molecule has 0 aliphatic carbocycles. The minimum Gasteiger partial charge on any atom is -0.497 e. The molecule has 0 fully saturated rings. The van der Waals surface area contributed by atoms with E-state index in [1.165, 1.54) is 0 Å². The summed E-state index contributed by atoms with van der Waals surface area (Å²) in [5, 5.41) is 7.55. The molecule has 7 heteroatoms. The van der Waals surface area contributed by atoms with Crippen LogP contribution in [0.1, 0.15) is 21.5 Å². The molecular weight excluding hydrogens is 426 g/mol. The van der Waals surface area contributed by atoms with Crippen LogP contribution in [0.2, 0.25) is 5.02 Å². The van der Waals surface area contributed by atoms with Crippen molar-refractivity contribution in [1.82, 2.24) is 9.78 Å². The van der Waals surface area contributed by atoms with E-state index in [1.807, 2.05) is 66.7 Å². The number of nitrogens with one attached hydrogen (secondary N) is 1. The molecule has 0 saturated heterocycles. The van der Waals surface area contributed by atoms with Gasteiger partial charge >= 0.3 is 0 Å². The van der Waals surface area contributed by atoms with Crippen molar-refractivity contribution in [1.29, 1.82) is 0 Å². The first-order valence-corrected chi connectivity index (χ1v) is 10.4. The van der Waals surface area contributed by atoms with Crippen molar-refractivity contribution in [2.75, 3.05) is 12.4 Å².